The van der Waals surface area contributed by atoms with Gasteiger partial charge in [0.2, 0.25) is 0 Å². The zero-order chi connectivity index (χ0) is 12.5. The van der Waals surface area contributed by atoms with E-state index in [0.717, 1.165) is 23.9 Å². The first-order valence-corrected chi connectivity index (χ1v) is 6.93. The quantitative estimate of drug-likeness (QED) is 0.906. The highest BCUT2D eigenvalue weighted by Gasteiger charge is 2.31. The number of nitrogens with one attached hydrogen (secondary N) is 1. The molecule has 1 atom stereocenters. The lowest BCUT2D eigenvalue weighted by molar-refractivity contribution is -0.00910. The van der Waals surface area contributed by atoms with Crippen LogP contribution in [-0.2, 0) is 4.74 Å². The molecular formula is C14H20BrNO. The van der Waals surface area contributed by atoms with E-state index in [4.69, 9.17) is 4.74 Å². The number of anilines is 1. The van der Waals surface area contributed by atoms with Crippen LogP contribution in [0.4, 0.5) is 5.69 Å². The second-order valence-electron chi connectivity index (χ2n) is 5.38. The molecule has 2 rings (SSSR count). The molecule has 1 fully saturated rings. The third-order valence-corrected chi connectivity index (χ3v) is 4.14. The van der Waals surface area contributed by atoms with E-state index in [0.29, 0.717) is 6.10 Å². The van der Waals surface area contributed by atoms with Crippen LogP contribution in [0.5, 0.6) is 0 Å². The molecular weight excluding hydrogens is 278 g/mol. The summed E-state index contributed by atoms with van der Waals surface area (Å²) in [5, 5.41) is 3.45. The van der Waals surface area contributed by atoms with Crippen LogP contribution in [-0.4, -0.2) is 18.2 Å². The normalized spacial score (nSPS) is 22.7. The molecule has 0 saturated carbocycles. The van der Waals surface area contributed by atoms with Crippen molar-refractivity contribution in [2.75, 3.05) is 11.9 Å². The monoisotopic (exact) mass is 297 g/mol. The Bertz CT molecular complexity index is 403. The maximum Gasteiger partial charge on any atom is 0.0755 e. The van der Waals surface area contributed by atoms with Crippen LogP contribution in [0.3, 0.4) is 0 Å². The maximum absolute atomic E-state index is 5.95. The molecule has 2 nitrogen and oxygen atoms in total. The van der Waals surface area contributed by atoms with E-state index in [-0.39, 0.29) is 5.60 Å². The number of aryl methyl sites for hydroxylation is 1. The summed E-state index contributed by atoms with van der Waals surface area (Å²) in [6.45, 7) is 7.32. The summed E-state index contributed by atoms with van der Waals surface area (Å²) in [6, 6.07) is 6.33. The number of halogens is 1. The van der Waals surface area contributed by atoms with Gasteiger partial charge in [0.15, 0.2) is 0 Å². The second kappa shape index (κ2) is 4.99. The molecule has 1 saturated heterocycles. The van der Waals surface area contributed by atoms with Crippen molar-refractivity contribution < 1.29 is 4.74 Å². The Morgan fingerprint density at radius 3 is 2.82 bits per heavy atom. The summed E-state index contributed by atoms with van der Waals surface area (Å²) in [5.74, 6) is 0. The SMILES string of the molecule is Cc1cc(NCC2CCC(C)(C)O2)ccc1Br. The first kappa shape index (κ1) is 12.9. The van der Waals surface area contributed by atoms with E-state index in [1.807, 2.05) is 0 Å². The molecule has 17 heavy (non-hydrogen) atoms. The highest BCUT2D eigenvalue weighted by atomic mass is 79.9. The summed E-state index contributed by atoms with van der Waals surface area (Å²) in [4.78, 5) is 0. The Morgan fingerprint density at radius 1 is 1.47 bits per heavy atom. The predicted molar refractivity (Wildman–Crippen MR) is 75.6 cm³/mol. The fourth-order valence-corrected chi connectivity index (χ4v) is 2.45. The van der Waals surface area contributed by atoms with Crippen LogP contribution in [0, 0.1) is 6.92 Å². The van der Waals surface area contributed by atoms with Gasteiger partial charge in [0.25, 0.3) is 0 Å². The molecule has 0 bridgehead atoms. The number of ether oxygens (including phenoxy) is 1. The molecule has 1 N–H and O–H groups in total. The van der Waals surface area contributed by atoms with Gasteiger partial charge in [0, 0.05) is 16.7 Å². The van der Waals surface area contributed by atoms with Crippen molar-refractivity contribution in [3.63, 3.8) is 0 Å². The topological polar surface area (TPSA) is 21.3 Å². The van der Waals surface area contributed by atoms with Gasteiger partial charge < -0.3 is 10.1 Å². The van der Waals surface area contributed by atoms with Gasteiger partial charge >= 0.3 is 0 Å². The van der Waals surface area contributed by atoms with Gasteiger partial charge in [0.05, 0.1) is 11.7 Å². The summed E-state index contributed by atoms with van der Waals surface area (Å²) in [5.41, 5.74) is 2.48. The van der Waals surface area contributed by atoms with Gasteiger partial charge in [0.1, 0.15) is 0 Å². The van der Waals surface area contributed by atoms with Crippen LogP contribution in [0.1, 0.15) is 32.3 Å². The zero-order valence-corrected chi connectivity index (χ0v) is 12.3. The Kier molecular flexibility index (Phi) is 3.79. The molecule has 3 heteroatoms. The van der Waals surface area contributed by atoms with Crippen molar-refractivity contribution in [3.05, 3.63) is 28.2 Å². The van der Waals surface area contributed by atoms with Crippen molar-refractivity contribution in [1.29, 1.82) is 0 Å². The second-order valence-corrected chi connectivity index (χ2v) is 6.24. The molecule has 1 aliphatic rings. The van der Waals surface area contributed by atoms with E-state index in [1.165, 1.54) is 11.3 Å². The molecule has 0 radical (unpaired) electrons. The molecule has 1 unspecified atom stereocenters. The van der Waals surface area contributed by atoms with Crippen molar-refractivity contribution in [1.82, 2.24) is 0 Å². The fourth-order valence-electron chi connectivity index (χ4n) is 2.21. The molecule has 1 aliphatic heterocycles. The lowest BCUT2D eigenvalue weighted by Gasteiger charge is -2.20. The first-order chi connectivity index (χ1) is 7.96. The molecule has 1 heterocycles. The molecule has 0 amide bonds. The summed E-state index contributed by atoms with van der Waals surface area (Å²) < 4.78 is 7.11. The number of hydrogen-bond donors (Lipinski definition) is 1. The minimum Gasteiger partial charge on any atom is -0.382 e. The molecule has 1 aromatic rings. The average molecular weight is 298 g/mol. The molecule has 94 valence electrons. The lowest BCUT2D eigenvalue weighted by Crippen LogP contribution is -2.24. The number of hydrogen-bond acceptors (Lipinski definition) is 2. The minimum atomic E-state index is 0.0575. The smallest absolute Gasteiger partial charge is 0.0755 e. The predicted octanol–water partition coefficient (Wildman–Crippen LogP) is 4.13. The fraction of sp³-hybridized carbons (Fsp3) is 0.571. The van der Waals surface area contributed by atoms with Crippen LogP contribution in [0.15, 0.2) is 22.7 Å². The molecule has 1 aromatic carbocycles. The van der Waals surface area contributed by atoms with Gasteiger partial charge in [-0.2, -0.15) is 0 Å². The summed E-state index contributed by atoms with van der Waals surface area (Å²) >= 11 is 3.51. The van der Waals surface area contributed by atoms with E-state index in [2.05, 4.69) is 60.2 Å². The van der Waals surface area contributed by atoms with Gasteiger partial charge in [-0.3, -0.25) is 0 Å². The Balaban J connectivity index is 1.88. The van der Waals surface area contributed by atoms with Gasteiger partial charge in [-0.1, -0.05) is 15.9 Å². The van der Waals surface area contributed by atoms with E-state index in [1.54, 1.807) is 0 Å². The average Bonchev–Trinajstić information content (AvgIpc) is 2.60. The van der Waals surface area contributed by atoms with Gasteiger partial charge in [-0.15, -0.1) is 0 Å². The molecule has 0 aliphatic carbocycles. The Hall–Kier alpha value is -0.540. The highest BCUT2D eigenvalue weighted by molar-refractivity contribution is 9.10. The van der Waals surface area contributed by atoms with Crippen molar-refractivity contribution in [3.8, 4) is 0 Å². The van der Waals surface area contributed by atoms with E-state index in [9.17, 15) is 0 Å². The first-order valence-electron chi connectivity index (χ1n) is 6.14. The van der Waals surface area contributed by atoms with Crippen LogP contribution in [0.25, 0.3) is 0 Å². The number of rotatable bonds is 3. The van der Waals surface area contributed by atoms with Crippen molar-refractivity contribution >= 4 is 21.6 Å². The van der Waals surface area contributed by atoms with Crippen LogP contribution < -0.4 is 5.32 Å². The summed E-state index contributed by atoms with van der Waals surface area (Å²) in [6.07, 6.45) is 2.64. The van der Waals surface area contributed by atoms with Crippen LogP contribution >= 0.6 is 15.9 Å². The molecule has 0 aromatic heterocycles. The molecule has 0 spiro atoms. The van der Waals surface area contributed by atoms with E-state index >= 15 is 0 Å². The number of benzene rings is 1. The zero-order valence-electron chi connectivity index (χ0n) is 10.7. The standard InChI is InChI=1S/C14H20BrNO/c1-10-8-11(4-5-13(10)15)16-9-12-6-7-14(2,3)17-12/h4-5,8,12,16H,6-7,9H2,1-3H3. The lowest BCUT2D eigenvalue weighted by atomic mass is 10.1. The highest BCUT2D eigenvalue weighted by Crippen LogP contribution is 2.29. The van der Waals surface area contributed by atoms with Crippen molar-refractivity contribution in [2.24, 2.45) is 0 Å². The Labute approximate surface area is 112 Å². The summed E-state index contributed by atoms with van der Waals surface area (Å²) in [7, 11) is 0. The maximum atomic E-state index is 5.95. The van der Waals surface area contributed by atoms with Crippen LogP contribution in [0.2, 0.25) is 0 Å². The largest absolute Gasteiger partial charge is 0.382 e. The van der Waals surface area contributed by atoms with Gasteiger partial charge in [-0.05, 0) is 57.4 Å². The van der Waals surface area contributed by atoms with E-state index < -0.39 is 0 Å². The third-order valence-electron chi connectivity index (χ3n) is 3.25. The Morgan fingerprint density at radius 2 is 2.24 bits per heavy atom. The van der Waals surface area contributed by atoms with Gasteiger partial charge in [-0.25, -0.2) is 0 Å². The minimum absolute atomic E-state index is 0.0575. The third kappa shape index (κ3) is 3.46. The van der Waals surface area contributed by atoms with Crippen molar-refractivity contribution in [2.45, 2.75) is 45.3 Å².